The molecule has 78 valence electrons. The fourth-order valence-corrected chi connectivity index (χ4v) is 2.55. The Morgan fingerprint density at radius 1 is 1.36 bits per heavy atom. The van der Waals surface area contributed by atoms with Crippen molar-refractivity contribution in [2.75, 3.05) is 5.75 Å². The van der Waals surface area contributed by atoms with E-state index in [2.05, 4.69) is 9.97 Å². The minimum absolute atomic E-state index is 0.163. The van der Waals surface area contributed by atoms with Crippen LogP contribution in [0, 0.1) is 0 Å². The molecule has 1 rings (SSSR count). The topological polar surface area (TPSA) is 85.9 Å². The van der Waals surface area contributed by atoms with E-state index in [-0.39, 0.29) is 10.9 Å². The normalized spacial score (nSPS) is 12.8. The highest BCUT2D eigenvalue weighted by Gasteiger charge is 2.25. The van der Waals surface area contributed by atoms with E-state index in [0.717, 1.165) is 0 Å². The first-order valence-electron chi connectivity index (χ1n) is 4.10. The summed E-state index contributed by atoms with van der Waals surface area (Å²) >= 11 is 0. The first-order chi connectivity index (χ1) is 6.31. The van der Waals surface area contributed by atoms with Crippen LogP contribution in [0.4, 0.5) is 0 Å². The third-order valence-electron chi connectivity index (χ3n) is 1.38. The summed E-state index contributed by atoms with van der Waals surface area (Å²) in [6.45, 7) is 3.29. The van der Waals surface area contributed by atoms with Crippen molar-refractivity contribution in [1.29, 1.82) is 0 Å². The largest absolute Gasteiger partial charge is 0.325 e. The van der Waals surface area contributed by atoms with Crippen LogP contribution in [0.3, 0.4) is 0 Å². The number of sulfone groups is 1. The van der Waals surface area contributed by atoms with Crippen LogP contribution in [0.2, 0.25) is 0 Å². The summed E-state index contributed by atoms with van der Waals surface area (Å²) < 4.78 is 23.3. The van der Waals surface area contributed by atoms with E-state index < -0.39 is 15.4 Å². The van der Waals surface area contributed by atoms with Gasteiger partial charge in [-0.1, -0.05) is 0 Å². The Labute approximate surface area is 83.3 Å². The lowest BCUT2D eigenvalue weighted by molar-refractivity contribution is 0.538. The molecule has 2 N–H and O–H groups in total. The molecule has 14 heavy (non-hydrogen) atoms. The number of nitrogens with zero attached hydrogens (tertiary/aromatic N) is 2. The zero-order chi connectivity index (χ0) is 10.8. The fraction of sp³-hybridized carbons (Fsp3) is 0.500. The summed E-state index contributed by atoms with van der Waals surface area (Å²) in [6.07, 6.45) is 2.78. The quantitative estimate of drug-likeness (QED) is 0.716. The van der Waals surface area contributed by atoms with Gasteiger partial charge in [-0.15, -0.1) is 0 Å². The van der Waals surface area contributed by atoms with Gasteiger partial charge in [-0.2, -0.15) is 0 Å². The molecule has 0 atom stereocenters. The highest BCUT2D eigenvalue weighted by molar-refractivity contribution is 7.91. The van der Waals surface area contributed by atoms with Gasteiger partial charge in [-0.3, -0.25) is 0 Å². The molecule has 1 aromatic rings. The molecule has 0 aliphatic carbocycles. The Balaban J connectivity index is 2.99. The van der Waals surface area contributed by atoms with Crippen molar-refractivity contribution >= 4 is 9.84 Å². The lowest BCUT2D eigenvalue weighted by atomic mass is 10.1. The molecule has 1 aromatic heterocycles. The summed E-state index contributed by atoms with van der Waals surface area (Å²) in [4.78, 5) is 7.36. The summed E-state index contributed by atoms with van der Waals surface area (Å²) in [5, 5.41) is -0.168. The van der Waals surface area contributed by atoms with E-state index >= 15 is 0 Å². The van der Waals surface area contributed by atoms with Crippen molar-refractivity contribution in [3.8, 4) is 0 Å². The summed E-state index contributed by atoms with van der Waals surface area (Å²) in [5.41, 5.74) is 4.84. The molecule has 5 nitrogen and oxygen atoms in total. The van der Waals surface area contributed by atoms with E-state index in [1.807, 2.05) is 0 Å². The Kier molecular flexibility index (Phi) is 2.86. The summed E-state index contributed by atoms with van der Waals surface area (Å²) in [6, 6.07) is 1.56. The van der Waals surface area contributed by atoms with Crippen LogP contribution >= 0.6 is 0 Å². The Hall–Kier alpha value is -1.01. The summed E-state index contributed by atoms with van der Waals surface area (Å²) in [5.74, 6) is -0.163. The molecule has 6 heteroatoms. The smallest absolute Gasteiger partial charge is 0.247 e. The molecule has 1 heterocycles. The lowest BCUT2D eigenvalue weighted by Crippen LogP contribution is -2.40. The molecule has 0 spiro atoms. The van der Waals surface area contributed by atoms with E-state index in [1.54, 1.807) is 19.9 Å². The van der Waals surface area contributed by atoms with Gasteiger partial charge in [0, 0.05) is 17.9 Å². The zero-order valence-electron chi connectivity index (χ0n) is 8.14. The van der Waals surface area contributed by atoms with Gasteiger partial charge in [-0.25, -0.2) is 18.4 Å². The van der Waals surface area contributed by atoms with Gasteiger partial charge in [0.2, 0.25) is 15.0 Å². The van der Waals surface area contributed by atoms with Crippen molar-refractivity contribution in [3.05, 3.63) is 18.5 Å². The van der Waals surface area contributed by atoms with E-state index in [0.29, 0.717) is 0 Å². The van der Waals surface area contributed by atoms with Crippen LogP contribution in [0.1, 0.15) is 13.8 Å². The van der Waals surface area contributed by atoms with Gasteiger partial charge in [-0.05, 0) is 19.9 Å². The molecule has 0 fully saturated rings. The average Bonchev–Trinajstić information content (AvgIpc) is 2.01. The van der Waals surface area contributed by atoms with Gasteiger partial charge >= 0.3 is 0 Å². The fourth-order valence-electron chi connectivity index (χ4n) is 1.00. The number of hydrogen-bond donors (Lipinski definition) is 1. The molecular formula is C8H13N3O2S. The van der Waals surface area contributed by atoms with Crippen LogP contribution < -0.4 is 5.73 Å². The van der Waals surface area contributed by atoms with Crippen molar-refractivity contribution in [2.24, 2.45) is 5.73 Å². The van der Waals surface area contributed by atoms with Crippen molar-refractivity contribution in [1.82, 2.24) is 9.97 Å². The van der Waals surface area contributed by atoms with E-state index in [1.165, 1.54) is 12.4 Å². The van der Waals surface area contributed by atoms with E-state index in [9.17, 15) is 8.42 Å². The second kappa shape index (κ2) is 3.62. The number of rotatable bonds is 3. The highest BCUT2D eigenvalue weighted by Crippen LogP contribution is 2.09. The monoisotopic (exact) mass is 215 g/mol. The van der Waals surface area contributed by atoms with Gasteiger partial charge in [0.15, 0.2) is 0 Å². The van der Waals surface area contributed by atoms with Gasteiger partial charge in [0.25, 0.3) is 0 Å². The summed E-state index contributed by atoms with van der Waals surface area (Å²) in [7, 11) is -3.47. The van der Waals surface area contributed by atoms with Crippen LogP contribution in [0.5, 0.6) is 0 Å². The molecule has 0 saturated heterocycles. The van der Waals surface area contributed by atoms with E-state index in [4.69, 9.17) is 5.73 Å². The molecule has 0 amide bonds. The second-order valence-corrected chi connectivity index (χ2v) is 5.66. The first kappa shape index (κ1) is 11.1. The molecule has 0 aliphatic rings. The number of hydrogen-bond acceptors (Lipinski definition) is 5. The SMILES string of the molecule is CC(C)(N)CS(=O)(=O)c1ncccn1. The molecular weight excluding hydrogens is 202 g/mol. The Bertz CT molecular complexity index is 394. The Morgan fingerprint density at radius 2 is 1.86 bits per heavy atom. The zero-order valence-corrected chi connectivity index (χ0v) is 8.95. The molecule has 0 bridgehead atoms. The molecule has 0 aromatic carbocycles. The maximum atomic E-state index is 11.6. The minimum atomic E-state index is -3.47. The van der Waals surface area contributed by atoms with Gasteiger partial charge < -0.3 is 5.73 Å². The second-order valence-electron chi connectivity index (χ2n) is 3.78. The third kappa shape index (κ3) is 3.04. The van der Waals surface area contributed by atoms with Gasteiger partial charge in [0.1, 0.15) is 0 Å². The Morgan fingerprint density at radius 3 is 2.29 bits per heavy atom. The number of nitrogens with two attached hydrogens (primary N) is 1. The molecule has 0 unspecified atom stereocenters. The molecule has 0 saturated carbocycles. The lowest BCUT2D eigenvalue weighted by Gasteiger charge is -2.16. The maximum absolute atomic E-state index is 11.6. The standard InChI is InChI=1S/C8H13N3O2S/c1-8(2,9)6-14(12,13)7-10-4-3-5-11-7/h3-5H,6,9H2,1-2H3. The minimum Gasteiger partial charge on any atom is -0.325 e. The van der Waals surface area contributed by atoms with Crippen LogP contribution in [-0.2, 0) is 9.84 Å². The van der Waals surface area contributed by atoms with Crippen molar-refractivity contribution in [2.45, 2.75) is 24.5 Å². The number of aromatic nitrogens is 2. The predicted octanol–water partition coefficient (Wildman–Crippen LogP) is -0.0124. The maximum Gasteiger partial charge on any atom is 0.247 e. The third-order valence-corrected chi connectivity index (χ3v) is 3.27. The molecule has 0 aliphatic heterocycles. The van der Waals surface area contributed by atoms with Crippen LogP contribution in [-0.4, -0.2) is 29.7 Å². The highest BCUT2D eigenvalue weighted by atomic mass is 32.2. The van der Waals surface area contributed by atoms with Crippen LogP contribution in [0.15, 0.2) is 23.6 Å². The predicted molar refractivity (Wildman–Crippen MR) is 52.4 cm³/mol. The average molecular weight is 215 g/mol. The van der Waals surface area contributed by atoms with Crippen molar-refractivity contribution < 1.29 is 8.42 Å². The van der Waals surface area contributed by atoms with Crippen molar-refractivity contribution in [3.63, 3.8) is 0 Å². The van der Waals surface area contributed by atoms with Gasteiger partial charge in [0.05, 0.1) is 5.75 Å². The first-order valence-corrected chi connectivity index (χ1v) is 5.75. The molecule has 0 radical (unpaired) electrons. The van der Waals surface area contributed by atoms with Crippen LogP contribution in [0.25, 0.3) is 0 Å².